The lowest BCUT2D eigenvalue weighted by molar-refractivity contribution is 0.292. The number of anilines is 2. The van der Waals surface area contributed by atoms with Gasteiger partial charge in [-0.2, -0.15) is 19.9 Å². The van der Waals surface area contributed by atoms with Gasteiger partial charge in [-0.25, -0.2) is 0 Å². The predicted molar refractivity (Wildman–Crippen MR) is 66.5 cm³/mol. The summed E-state index contributed by atoms with van der Waals surface area (Å²) in [5.74, 6) is 1.01. The zero-order valence-electron chi connectivity index (χ0n) is 10.5. The second kappa shape index (κ2) is 6.47. The van der Waals surface area contributed by atoms with Gasteiger partial charge in [0.25, 0.3) is 0 Å². The lowest BCUT2D eigenvalue weighted by Crippen LogP contribution is -2.12. The number of hydrogen-bond donors (Lipinski definition) is 2. The Labute approximate surface area is 109 Å². The lowest BCUT2D eigenvalue weighted by atomic mass is 10.4. The molecule has 9 heteroatoms. The highest BCUT2D eigenvalue weighted by molar-refractivity contribution is 5.32. The van der Waals surface area contributed by atoms with Gasteiger partial charge in [-0.1, -0.05) is 12.1 Å². The summed E-state index contributed by atoms with van der Waals surface area (Å²) in [6, 6.07) is 0.217. The summed E-state index contributed by atoms with van der Waals surface area (Å²) in [4.78, 5) is 15.8. The number of aromatic nitrogens is 5. The molecule has 0 radical (unpaired) electrons. The molecule has 0 aliphatic rings. The van der Waals surface area contributed by atoms with Gasteiger partial charge in [0.1, 0.15) is 0 Å². The Balaban J connectivity index is 1.90. The highest BCUT2D eigenvalue weighted by Gasteiger charge is 2.05. The molecule has 0 aromatic carbocycles. The summed E-state index contributed by atoms with van der Waals surface area (Å²) in [5, 5.41) is 6.51. The van der Waals surface area contributed by atoms with E-state index in [1.54, 1.807) is 0 Å². The van der Waals surface area contributed by atoms with Crippen molar-refractivity contribution in [3.05, 3.63) is 12.2 Å². The summed E-state index contributed by atoms with van der Waals surface area (Å²) in [6.45, 7) is 3.07. The molecular weight excluding hydrogens is 250 g/mol. The van der Waals surface area contributed by atoms with E-state index in [0.717, 1.165) is 6.42 Å². The maximum absolute atomic E-state index is 5.57. The van der Waals surface area contributed by atoms with E-state index in [-0.39, 0.29) is 12.0 Å². The molecule has 0 unspecified atom stereocenters. The van der Waals surface area contributed by atoms with Crippen LogP contribution >= 0.6 is 0 Å². The van der Waals surface area contributed by atoms with Crippen LogP contribution in [0.4, 0.5) is 11.9 Å². The molecule has 19 heavy (non-hydrogen) atoms. The number of ether oxygens (including phenoxy) is 1. The molecule has 2 heterocycles. The topological polar surface area (TPSA) is 125 Å². The second-order valence-corrected chi connectivity index (χ2v) is 3.66. The fourth-order valence-corrected chi connectivity index (χ4v) is 1.30. The smallest absolute Gasteiger partial charge is 0.323 e. The van der Waals surface area contributed by atoms with Gasteiger partial charge in [-0.15, -0.1) is 0 Å². The minimum absolute atomic E-state index is 0.112. The second-order valence-electron chi connectivity index (χ2n) is 3.66. The predicted octanol–water partition coefficient (Wildman–Crippen LogP) is 0.280. The van der Waals surface area contributed by atoms with Crippen molar-refractivity contribution in [2.75, 3.05) is 24.2 Å². The molecule has 0 bridgehead atoms. The fraction of sp³-hybridized carbons (Fsp3) is 0.500. The van der Waals surface area contributed by atoms with Crippen LogP contribution in [0.1, 0.15) is 19.2 Å². The van der Waals surface area contributed by atoms with Crippen LogP contribution in [-0.2, 0) is 6.42 Å². The molecule has 0 fully saturated rings. The molecule has 102 valence electrons. The average Bonchev–Trinajstić information content (AvgIpc) is 2.89. The van der Waals surface area contributed by atoms with Crippen LogP contribution in [0.3, 0.4) is 0 Å². The molecular formula is C10H15N7O2. The highest BCUT2D eigenvalue weighted by Crippen LogP contribution is 2.09. The zero-order chi connectivity index (χ0) is 13.5. The van der Waals surface area contributed by atoms with E-state index < -0.39 is 0 Å². The molecule has 0 aliphatic heterocycles. The molecule has 2 aromatic rings. The van der Waals surface area contributed by atoms with E-state index in [0.29, 0.717) is 31.4 Å². The monoisotopic (exact) mass is 265 g/mol. The molecule has 0 saturated heterocycles. The summed E-state index contributed by atoms with van der Waals surface area (Å²) in [7, 11) is 0. The Morgan fingerprint density at radius 1 is 1.37 bits per heavy atom. The van der Waals surface area contributed by atoms with Crippen molar-refractivity contribution in [2.45, 2.75) is 19.8 Å². The number of nitrogen functional groups attached to an aromatic ring is 1. The Morgan fingerprint density at radius 2 is 2.26 bits per heavy atom. The third-order valence-corrected chi connectivity index (χ3v) is 2.10. The lowest BCUT2D eigenvalue weighted by Gasteiger charge is -2.06. The average molecular weight is 265 g/mol. The SMILES string of the molecule is CCCOc1nc(N)nc(NCCc2ncno2)n1. The van der Waals surface area contributed by atoms with Gasteiger partial charge >= 0.3 is 6.01 Å². The standard InChI is InChI=1S/C10H15N7O2/c1-2-5-18-10-16-8(11)15-9(17-10)12-4-3-7-13-6-14-19-7/h6H,2-5H2,1H3,(H3,11,12,15,16,17). The number of nitrogens with zero attached hydrogens (tertiary/aromatic N) is 5. The zero-order valence-corrected chi connectivity index (χ0v) is 10.5. The minimum atomic E-state index is 0.112. The van der Waals surface area contributed by atoms with E-state index >= 15 is 0 Å². The van der Waals surface area contributed by atoms with Crippen LogP contribution in [0.25, 0.3) is 0 Å². The van der Waals surface area contributed by atoms with Crippen LogP contribution in [0.15, 0.2) is 10.9 Å². The Morgan fingerprint density at radius 3 is 3.00 bits per heavy atom. The maximum atomic E-state index is 5.57. The van der Waals surface area contributed by atoms with Crippen LogP contribution in [0.2, 0.25) is 0 Å². The molecule has 9 nitrogen and oxygen atoms in total. The molecule has 2 aromatic heterocycles. The molecule has 0 aliphatic carbocycles. The van der Waals surface area contributed by atoms with E-state index in [2.05, 4.69) is 30.4 Å². The van der Waals surface area contributed by atoms with Crippen LogP contribution in [-0.4, -0.2) is 38.2 Å². The maximum Gasteiger partial charge on any atom is 0.323 e. The largest absolute Gasteiger partial charge is 0.463 e. The van der Waals surface area contributed by atoms with E-state index in [9.17, 15) is 0 Å². The van der Waals surface area contributed by atoms with Gasteiger partial charge in [-0.3, -0.25) is 0 Å². The van der Waals surface area contributed by atoms with Crippen LogP contribution in [0.5, 0.6) is 6.01 Å². The summed E-state index contributed by atoms with van der Waals surface area (Å²) in [6.07, 6.45) is 2.79. The van der Waals surface area contributed by atoms with Gasteiger partial charge in [0.15, 0.2) is 6.33 Å². The number of nitrogens with two attached hydrogens (primary N) is 1. The van der Waals surface area contributed by atoms with Crippen molar-refractivity contribution in [1.29, 1.82) is 0 Å². The van der Waals surface area contributed by atoms with Gasteiger partial charge in [0.2, 0.25) is 17.8 Å². The number of rotatable bonds is 7. The van der Waals surface area contributed by atoms with Gasteiger partial charge in [-0.05, 0) is 6.42 Å². The molecule has 0 spiro atoms. The quantitative estimate of drug-likeness (QED) is 0.725. The normalized spacial score (nSPS) is 10.4. The highest BCUT2D eigenvalue weighted by atomic mass is 16.5. The van der Waals surface area contributed by atoms with Crippen molar-refractivity contribution in [3.8, 4) is 6.01 Å². The van der Waals surface area contributed by atoms with Crippen molar-refractivity contribution < 1.29 is 9.26 Å². The van der Waals surface area contributed by atoms with Crippen molar-refractivity contribution >= 4 is 11.9 Å². The Bertz CT molecular complexity index is 503. The molecule has 0 saturated carbocycles. The van der Waals surface area contributed by atoms with Gasteiger partial charge in [0, 0.05) is 13.0 Å². The third kappa shape index (κ3) is 4.05. The van der Waals surface area contributed by atoms with E-state index in [1.807, 2.05) is 6.92 Å². The number of nitrogens with one attached hydrogen (secondary N) is 1. The minimum Gasteiger partial charge on any atom is -0.463 e. The Hall–Kier alpha value is -2.45. The molecule has 3 N–H and O–H groups in total. The van der Waals surface area contributed by atoms with E-state index in [1.165, 1.54) is 6.33 Å². The van der Waals surface area contributed by atoms with E-state index in [4.69, 9.17) is 15.0 Å². The van der Waals surface area contributed by atoms with Crippen molar-refractivity contribution in [1.82, 2.24) is 25.1 Å². The van der Waals surface area contributed by atoms with Crippen molar-refractivity contribution in [2.24, 2.45) is 0 Å². The first-order valence-corrected chi connectivity index (χ1v) is 5.91. The van der Waals surface area contributed by atoms with Crippen molar-refractivity contribution in [3.63, 3.8) is 0 Å². The van der Waals surface area contributed by atoms with Crippen LogP contribution in [0, 0.1) is 0 Å². The van der Waals surface area contributed by atoms with Gasteiger partial charge in [0.05, 0.1) is 6.61 Å². The first-order chi connectivity index (χ1) is 9.28. The first kappa shape index (κ1) is 13.0. The first-order valence-electron chi connectivity index (χ1n) is 5.91. The Kier molecular flexibility index (Phi) is 4.43. The fourth-order valence-electron chi connectivity index (χ4n) is 1.30. The summed E-state index contributed by atoms with van der Waals surface area (Å²) >= 11 is 0. The molecule has 0 amide bonds. The van der Waals surface area contributed by atoms with Gasteiger partial charge < -0.3 is 20.3 Å². The molecule has 0 atom stereocenters. The summed E-state index contributed by atoms with van der Waals surface area (Å²) in [5.41, 5.74) is 5.57. The summed E-state index contributed by atoms with van der Waals surface area (Å²) < 4.78 is 10.2. The third-order valence-electron chi connectivity index (χ3n) is 2.10. The number of hydrogen-bond acceptors (Lipinski definition) is 9. The van der Waals surface area contributed by atoms with Crippen LogP contribution < -0.4 is 15.8 Å². The molecule has 2 rings (SSSR count).